The number of hydrogen-bond donors (Lipinski definition) is 1. The molecule has 2 amide bonds. The summed E-state index contributed by atoms with van der Waals surface area (Å²) in [7, 11) is 1.64. The lowest BCUT2D eigenvalue weighted by Crippen LogP contribution is -2.44. The van der Waals surface area contributed by atoms with E-state index in [4.69, 9.17) is 0 Å². The van der Waals surface area contributed by atoms with Crippen LogP contribution in [0, 0.1) is 5.92 Å². The van der Waals surface area contributed by atoms with E-state index in [0.29, 0.717) is 6.54 Å². The summed E-state index contributed by atoms with van der Waals surface area (Å²) in [6.07, 6.45) is 1.77. The first-order valence-electron chi connectivity index (χ1n) is 5.76. The summed E-state index contributed by atoms with van der Waals surface area (Å²) in [5.41, 5.74) is 0. The van der Waals surface area contributed by atoms with Gasteiger partial charge in [-0.05, 0) is 24.3 Å². The van der Waals surface area contributed by atoms with Crippen molar-refractivity contribution in [3.8, 4) is 0 Å². The third kappa shape index (κ3) is 2.66. The van der Waals surface area contributed by atoms with E-state index in [1.807, 2.05) is 17.5 Å². The smallest absolute Gasteiger partial charge is 0.263 e. The van der Waals surface area contributed by atoms with Crippen molar-refractivity contribution in [1.29, 1.82) is 0 Å². The van der Waals surface area contributed by atoms with Crippen LogP contribution in [0.4, 0.5) is 0 Å². The number of piperidine rings is 1. The first-order valence-corrected chi connectivity index (χ1v) is 6.64. The van der Waals surface area contributed by atoms with Crippen molar-refractivity contribution in [2.75, 3.05) is 20.1 Å². The summed E-state index contributed by atoms with van der Waals surface area (Å²) < 4.78 is 0. The number of thiophene rings is 1. The number of amides is 2. The maximum atomic E-state index is 12.1. The van der Waals surface area contributed by atoms with E-state index in [-0.39, 0.29) is 17.7 Å². The largest absolute Gasteiger partial charge is 0.359 e. The van der Waals surface area contributed by atoms with E-state index in [2.05, 4.69) is 5.32 Å². The van der Waals surface area contributed by atoms with Crippen LogP contribution >= 0.6 is 11.3 Å². The minimum Gasteiger partial charge on any atom is -0.359 e. The third-order valence-corrected chi connectivity index (χ3v) is 3.92. The summed E-state index contributed by atoms with van der Waals surface area (Å²) in [6, 6.07) is 3.70. The van der Waals surface area contributed by atoms with Gasteiger partial charge < -0.3 is 10.2 Å². The molecule has 0 bridgehead atoms. The van der Waals surface area contributed by atoms with Crippen molar-refractivity contribution in [2.45, 2.75) is 12.8 Å². The van der Waals surface area contributed by atoms with Gasteiger partial charge in [0.15, 0.2) is 0 Å². The molecular weight excluding hydrogens is 236 g/mol. The zero-order chi connectivity index (χ0) is 12.3. The molecule has 4 nitrogen and oxygen atoms in total. The minimum absolute atomic E-state index is 0.0358. The molecule has 17 heavy (non-hydrogen) atoms. The van der Waals surface area contributed by atoms with Gasteiger partial charge >= 0.3 is 0 Å². The molecule has 0 saturated carbocycles. The number of nitrogens with zero attached hydrogens (tertiary/aromatic N) is 1. The Morgan fingerprint density at radius 3 is 3.00 bits per heavy atom. The van der Waals surface area contributed by atoms with Crippen molar-refractivity contribution in [3.05, 3.63) is 22.4 Å². The second-order valence-corrected chi connectivity index (χ2v) is 5.13. The standard InChI is InChI=1S/C12H16N2O2S/c1-13-11(15)9-4-2-6-14(8-9)12(16)10-5-3-7-17-10/h3,5,7,9H,2,4,6,8H2,1H3,(H,13,15). The van der Waals surface area contributed by atoms with E-state index < -0.39 is 0 Å². The Kier molecular flexibility index (Phi) is 3.78. The summed E-state index contributed by atoms with van der Waals surface area (Å²) in [6.45, 7) is 1.29. The van der Waals surface area contributed by atoms with Crippen LogP contribution in [-0.4, -0.2) is 36.9 Å². The second kappa shape index (κ2) is 5.31. The van der Waals surface area contributed by atoms with Gasteiger partial charge in [0.05, 0.1) is 10.8 Å². The first-order chi connectivity index (χ1) is 8.22. The molecule has 0 spiro atoms. The number of carbonyl (C=O) groups excluding carboxylic acids is 2. The van der Waals surface area contributed by atoms with Crippen molar-refractivity contribution in [2.24, 2.45) is 5.92 Å². The van der Waals surface area contributed by atoms with Crippen LogP contribution in [0.25, 0.3) is 0 Å². The van der Waals surface area contributed by atoms with E-state index in [0.717, 1.165) is 24.3 Å². The molecule has 1 fully saturated rings. The van der Waals surface area contributed by atoms with Crippen molar-refractivity contribution < 1.29 is 9.59 Å². The highest BCUT2D eigenvalue weighted by Gasteiger charge is 2.28. The Bertz CT molecular complexity index is 403. The number of carbonyl (C=O) groups is 2. The van der Waals surface area contributed by atoms with Crippen LogP contribution in [0.5, 0.6) is 0 Å². The average molecular weight is 252 g/mol. The van der Waals surface area contributed by atoms with E-state index in [9.17, 15) is 9.59 Å². The van der Waals surface area contributed by atoms with Crippen LogP contribution in [0.2, 0.25) is 0 Å². The van der Waals surface area contributed by atoms with Crippen LogP contribution in [0.15, 0.2) is 17.5 Å². The van der Waals surface area contributed by atoms with E-state index in [1.165, 1.54) is 11.3 Å². The maximum Gasteiger partial charge on any atom is 0.263 e. The molecule has 1 aliphatic heterocycles. The summed E-state index contributed by atoms with van der Waals surface area (Å²) in [5, 5.41) is 4.55. The molecule has 1 saturated heterocycles. The van der Waals surface area contributed by atoms with Gasteiger partial charge in [-0.2, -0.15) is 0 Å². The normalized spacial score (nSPS) is 20.1. The Hall–Kier alpha value is -1.36. The second-order valence-electron chi connectivity index (χ2n) is 4.18. The molecule has 1 atom stereocenters. The fourth-order valence-corrected chi connectivity index (χ4v) is 2.83. The molecule has 1 aliphatic rings. The summed E-state index contributed by atoms with van der Waals surface area (Å²) >= 11 is 1.45. The van der Waals surface area contributed by atoms with Gasteiger partial charge in [0, 0.05) is 20.1 Å². The van der Waals surface area contributed by atoms with E-state index >= 15 is 0 Å². The van der Waals surface area contributed by atoms with Crippen LogP contribution < -0.4 is 5.32 Å². The maximum absolute atomic E-state index is 12.1. The number of hydrogen-bond acceptors (Lipinski definition) is 3. The Morgan fingerprint density at radius 2 is 2.35 bits per heavy atom. The van der Waals surface area contributed by atoms with Gasteiger partial charge in [0.1, 0.15) is 0 Å². The number of nitrogens with one attached hydrogen (secondary N) is 1. The fraction of sp³-hybridized carbons (Fsp3) is 0.500. The zero-order valence-corrected chi connectivity index (χ0v) is 10.6. The third-order valence-electron chi connectivity index (χ3n) is 3.06. The molecule has 0 aromatic carbocycles. The lowest BCUT2D eigenvalue weighted by Gasteiger charge is -2.31. The van der Waals surface area contributed by atoms with Crippen LogP contribution in [0.1, 0.15) is 22.5 Å². The molecular formula is C12H16N2O2S. The lowest BCUT2D eigenvalue weighted by molar-refractivity contribution is -0.125. The topological polar surface area (TPSA) is 49.4 Å². The van der Waals surface area contributed by atoms with Gasteiger partial charge in [0.2, 0.25) is 5.91 Å². The monoisotopic (exact) mass is 252 g/mol. The summed E-state index contributed by atoms with van der Waals surface area (Å²) in [4.78, 5) is 26.2. The highest BCUT2D eigenvalue weighted by molar-refractivity contribution is 7.12. The predicted octanol–water partition coefficient (Wildman–Crippen LogP) is 1.35. The number of rotatable bonds is 2. The van der Waals surface area contributed by atoms with Gasteiger partial charge in [-0.3, -0.25) is 9.59 Å². The van der Waals surface area contributed by atoms with Gasteiger partial charge in [0.25, 0.3) is 5.91 Å². The minimum atomic E-state index is -0.0577. The molecule has 1 aromatic rings. The highest BCUT2D eigenvalue weighted by atomic mass is 32.1. The SMILES string of the molecule is CNC(=O)C1CCCN(C(=O)c2cccs2)C1. The Labute approximate surface area is 105 Å². The molecule has 1 aromatic heterocycles. The van der Waals surface area contributed by atoms with Crippen molar-refractivity contribution >= 4 is 23.2 Å². The average Bonchev–Trinajstić information content (AvgIpc) is 2.91. The lowest BCUT2D eigenvalue weighted by atomic mass is 9.97. The zero-order valence-electron chi connectivity index (χ0n) is 9.81. The first kappa shape index (κ1) is 12.1. The molecule has 1 N–H and O–H groups in total. The van der Waals surface area contributed by atoms with Gasteiger partial charge in [-0.1, -0.05) is 6.07 Å². The summed E-state index contributed by atoms with van der Waals surface area (Å²) in [5.74, 6) is 0.0277. The Balaban J connectivity index is 2.02. The molecule has 0 aliphatic carbocycles. The fourth-order valence-electron chi connectivity index (χ4n) is 2.14. The highest BCUT2D eigenvalue weighted by Crippen LogP contribution is 2.20. The molecule has 2 rings (SSSR count). The predicted molar refractivity (Wildman–Crippen MR) is 67.0 cm³/mol. The van der Waals surface area contributed by atoms with Crippen LogP contribution in [-0.2, 0) is 4.79 Å². The quantitative estimate of drug-likeness (QED) is 0.863. The molecule has 2 heterocycles. The van der Waals surface area contributed by atoms with Gasteiger partial charge in [-0.25, -0.2) is 0 Å². The van der Waals surface area contributed by atoms with E-state index in [1.54, 1.807) is 11.9 Å². The molecule has 1 unspecified atom stereocenters. The van der Waals surface area contributed by atoms with Crippen molar-refractivity contribution in [1.82, 2.24) is 10.2 Å². The van der Waals surface area contributed by atoms with Crippen LogP contribution in [0.3, 0.4) is 0 Å². The molecule has 0 radical (unpaired) electrons. The van der Waals surface area contributed by atoms with Gasteiger partial charge in [-0.15, -0.1) is 11.3 Å². The van der Waals surface area contributed by atoms with Crippen molar-refractivity contribution in [3.63, 3.8) is 0 Å². The number of likely N-dealkylation sites (tertiary alicyclic amines) is 1. The molecule has 5 heteroatoms. The molecule has 92 valence electrons. The Morgan fingerprint density at radius 1 is 1.53 bits per heavy atom.